The molecule has 1 aromatic rings. The van der Waals surface area contributed by atoms with E-state index in [2.05, 4.69) is 16.9 Å². The first kappa shape index (κ1) is 14.0. The van der Waals surface area contributed by atoms with Gasteiger partial charge in [-0.25, -0.2) is 0 Å². The highest BCUT2D eigenvalue weighted by molar-refractivity contribution is 5.62. The van der Waals surface area contributed by atoms with E-state index in [-0.39, 0.29) is 5.75 Å². The zero-order chi connectivity index (χ0) is 13.7. The van der Waals surface area contributed by atoms with E-state index < -0.39 is 0 Å². The van der Waals surface area contributed by atoms with Crippen molar-refractivity contribution in [3.05, 3.63) is 47.3 Å². The molecule has 0 fully saturated rings. The molecule has 0 unspecified atom stereocenters. The van der Waals surface area contributed by atoms with Crippen LogP contribution in [0.5, 0.6) is 5.75 Å². The number of phenols is 1. The number of phenolic OH excluding ortho intramolecular Hbond substituents is 1. The Labute approximate surface area is 109 Å². The Bertz CT molecular complexity index is 513. The number of nitrogens with zero attached hydrogens (tertiary/aromatic N) is 1. The molecular formula is C15H20N2O. The second-order valence-electron chi connectivity index (χ2n) is 4.22. The highest BCUT2D eigenvalue weighted by atomic mass is 16.3. The number of nitrogens with one attached hydrogen (secondary N) is 1. The van der Waals surface area contributed by atoms with Crippen LogP contribution in [-0.4, -0.2) is 11.3 Å². The maximum atomic E-state index is 9.81. The largest absolute Gasteiger partial charge is 0.506 e. The summed E-state index contributed by atoms with van der Waals surface area (Å²) in [6.45, 7) is 11.6. The van der Waals surface area contributed by atoms with Gasteiger partial charge in [0.2, 0.25) is 0 Å². The Hall–Kier alpha value is -2.03. The molecule has 0 atom stereocenters. The predicted octanol–water partition coefficient (Wildman–Crippen LogP) is 4.01. The average Bonchev–Trinajstić information content (AvgIpc) is 2.32. The summed E-state index contributed by atoms with van der Waals surface area (Å²) < 4.78 is 0. The molecule has 0 spiro atoms. The number of aromatic hydroxyl groups is 1. The van der Waals surface area contributed by atoms with Crippen LogP contribution in [0.4, 0.5) is 5.69 Å². The van der Waals surface area contributed by atoms with Gasteiger partial charge in [0.15, 0.2) is 0 Å². The van der Waals surface area contributed by atoms with Crippen molar-refractivity contribution in [2.24, 2.45) is 4.99 Å². The molecule has 0 saturated heterocycles. The van der Waals surface area contributed by atoms with Gasteiger partial charge < -0.3 is 10.4 Å². The third kappa shape index (κ3) is 3.48. The van der Waals surface area contributed by atoms with Crippen LogP contribution >= 0.6 is 0 Å². The molecule has 1 aromatic carbocycles. The molecule has 0 aliphatic carbocycles. The summed E-state index contributed by atoms with van der Waals surface area (Å²) in [5, 5.41) is 12.9. The van der Waals surface area contributed by atoms with Crippen LogP contribution in [0, 0.1) is 6.92 Å². The van der Waals surface area contributed by atoms with Gasteiger partial charge in [0.1, 0.15) is 5.75 Å². The Morgan fingerprint density at radius 1 is 1.39 bits per heavy atom. The van der Waals surface area contributed by atoms with Gasteiger partial charge >= 0.3 is 0 Å². The summed E-state index contributed by atoms with van der Waals surface area (Å²) in [5.41, 5.74) is 4.27. The third-order valence-corrected chi connectivity index (χ3v) is 2.76. The minimum Gasteiger partial charge on any atom is -0.506 e. The smallest absolute Gasteiger partial charge is 0.139 e. The number of hydrogen-bond donors (Lipinski definition) is 2. The predicted molar refractivity (Wildman–Crippen MR) is 78.1 cm³/mol. The van der Waals surface area contributed by atoms with E-state index in [0.29, 0.717) is 5.69 Å². The molecule has 3 nitrogen and oxygen atoms in total. The lowest BCUT2D eigenvalue weighted by atomic mass is 10.1. The number of rotatable bonds is 4. The van der Waals surface area contributed by atoms with Gasteiger partial charge in [-0.15, -0.1) is 0 Å². The second kappa shape index (κ2) is 6.05. The van der Waals surface area contributed by atoms with Crippen LogP contribution in [0.1, 0.15) is 26.3 Å². The van der Waals surface area contributed by atoms with E-state index in [1.165, 1.54) is 0 Å². The summed E-state index contributed by atoms with van der Waals surface area (Å²) in [6.07, 6.45) is 1.75. The molecule has 0 aliphatic heterocycles. The van der Waals surface area contributed by atoms with Crippen LogP contribution in [0.2, 0.25) is 0 Å². The molecule has 0 aromatic heterocycles. The van der Waals surface area contributed by atoms with Gasteiger partial charge in [0.05, 0.1) is 5.69 Å². The first-order chi connectivity index (χ1) is 8.45. The molecule has 0 radical (unpaired) electrons. The quantitative estimate of drug-likeness (QED) is 0.477. The van der Waals surface area contributed by atoms with Crippen molar-refractivity contribution in [3.63, 3.8) is 0 Å². The van der Waals surface area contributed by atoms with Gasteiger partial charge in [-0.1, -0.05) is 12.6 Å². The highest BCUT2D eigenvalue weighted by Crippen LogP contribution is 2.26. The fourth-order valence-electron chi connectivity index (χ4n) is 1.51. The molecule has 96 valence electrons. The van der Waals surface area contributed by atoms with E-state index in [1.807, 2.05) is 39.8 Å². The van der Waals surface area contributed by atoms with Crippen LogP contribution in [0.3, 0.4) is 0 Å². The van der Waals surface area contributed by atoms with Crippen molar-refractivity contribution < 1.29 is 5.11 Å². The summed E-state index contributed by atoms with van der Waals surface area (Å²) in [6, 6.07) is 5.48. The second-order valence-corrected chi connectivity index (χ2v) is 4.22. The van der Waals surface area contributed by atoms with Crippen molar-refractivity contribution in [2.75, 3.05) is 5.32 Å². The van der Waals surface area contributed by atoms with Crippen LogP contribution in [0.25, 0.3) is 0 Å². The third-order valence-electron chi connectivity index (χ3n) is 2.76. The molecule has 2 N–H and O–H groups in total. The molecule has 0 heterocycles. The molecule has 0 amide bonds. The SMILES string of the molecule is C=C(Nc1ccc(C)cc1O)/C(C)=C(/C)N=CC. The summed E-state index contributed by atoms with van der Waals surface area (Å²) in [7, 11) is 0. The fourth-order valence-corrected chi connectivity index (χ4v) is 1.51. The molecule has 3 heteroatoms. The fraction of sp³-hybridized carbons (Fsp3) is 0.267. The number of aliphatic imine (C=N–C) groups is 1. The minimum atomic E-state index is 0.223. The zero-order valence-electron chi connectivity index (χ0n) is 11.4. The number of allylic oxidation sites excluding steroid dienone is 2. The standard InChI is InChI=1S/C15H20N2O/c1-6-16-12(4)11(3)13(5)17-14-8-7-10(2)9-15(14)18/h6-9,17-18H,5H2,1-4H3/b12-11-,16-6?. The normalized spacial score (nSPS) is 12.4. The van der Waals surface area contributed by atoms with E-state index in [1.54, 1.807) is 12.3 Å². The first-order valence-corrected chi connectivity index (χ1v) is 5.87. The van der Waals surface area contributed by atoms with Gasteiger partial charge in [-0.2, -0.15) is 0 Å². The summed E-state index contributed by atoms with van der Waals surface area (Å²) in [4.78, 5) is 4.22. The molecule has 0 bridgehead atoms. The molecule has 0 aliphatic rings. The van der Waals surface area contributed by atoms with E-state index in [4.69, 9.17) is 0 Å². The molecular weight excluding hydrogens is 224 g/mol. The van der Waals surface area contributed by atoms with Crippen LogP contribution in [0.15, 0.2) is 46.7 Å². The topological polar surface area (TPSA) is 44.6 Å². The van der Waals surface area contributed by atoms with Gasteiger partial charge in [-0.3, -0.25) is 4.99 Å². The van der Waals surface area contributed by atoms with Crippen molar-refractivity contribution in [1.82, 2.24) is 0 Å². The molecule has 18 heavy (non-hydrogen) atoms. The van der Waals surface area contributed by atoms with Gasteiger partial charge in [-0.05, 0) is 51.0 Å². The summed E-state index contributed by atoms with van der Waals surface area (Å²) >= 11 is 0. The Balaban J connectivity index is 2.91. The monoisotopic (exact) mass is 244 g/mol. The lowest BCUT2D eigenvalue weighted by Gasteiger charge is -2.13. The number of hydrogen-bond acceptors (Lipinski definition) is 3. The van der Waals surface area contributed by atoms with Crippen molar-refractivity contribution >= 4 is 11.9 Å². The van der Waals surface area contributed by atoms with Crippen molar-refractivity contribution in [2.45, 2.75) is 27.7 Å². The number of benzene rings is 1. The maximum Gasteiger partial charge on any atom is 0.139 e. The van der Waals surface area contributed by atoms with E-state index in [0.717, 1.165) is 22.5 Å². The Morgan fingerprint density at radius 2 is 2.06 bits per heavy atom. The highest BCUT2D eigenvalue weighted by Gasteiger charge is 2.05. The van der Waals surface area contributed by atoms with Gasteiger partial charge in [0, 0.05) is 17.6 Å². The van der Waals surface area contributed by atoms with Crippen LogP contribution in [-0.2, 0) is 0 Å². The Morgan fingerprint density at radius 3 is 2.61 bits per heavy atom. The average molecular weight is 244 g/mol. The molecule has 0 saturated carbocycles. The number of aryl methyl sites for hydroxylation is 1. The van der Waals surface area contributed by atoms with Gasteiger partial charge in [0.25, 0.3) is 0 Å². The lowest BCUT2D eigenvalue weighted by molar-refractivity contribution is 0.477. The van der Waals surface area contributed by atoms with Crippen molar-refractivity contribution in [1.29, 1.82) is 0 Å². The lowest BCUT2D eigenvalue weighted by Crippen LogP contribution is -2.01. The minimum absolute atomic E-state index is 0.223. The molecule has 1 rings (SSSR count). The first-order valence-electron chi connectivity index (χ1n) is 5.87. The summed E-state index contributed by atoms with van der Waals surface area (Å²) in [5.74, 6) is 0.223. The Kier molecular flexibility index (Phi) is 4.72. The maximum absolute atomic E-state index is 9.81. The van der Waals surface area contributed by atoms with Crippen LogP contribution < -0.4 is 5.32 Å². The van der Waals surface area contributed by atoms with E-state index >= 15 is 0 Å². The zero-order valence-corrected chi connectivity index (χ0v) is 11.4. The number of anilines is 1. The van der Waals surface area contributed by atoms with E-state index in [9.17, 15) is 5.11 Å². The van der Waals surface area contributed by atoms with Crippen molar-refractivity contribution in [3.8, 4) is 5.75 Å².